The molecule has 0 N–H and O–H groups in total. The quantitative estimate of drug-likeness (QED) is 0.513. The number of carbonyl (C=O) groups excluding carboxylic acids is 2. The van der Waals surface area contributed by atoms with E-state index in [-0.39, 0.29) is 11.9 Å². The van der Waals surface area contributed by atoms with E-state index in [1.54, 1.807) is 6.08 Å². The molecule has 0 aromatic heterocycles. The Balaban J connectivity index is 3.86. The largest absolute Gasteiger partial charge is 0.466 e. The Morgan fingerprint density at radius 2 is 1.73 bits per heavy atom. The summed E-state index contributed by atoms with van der Waals surface area (Å²) >= 11 is 0. The Bertz CT molecular complexity index is 276. The topological polar surface area (TPSA) is 52.6 Å². The van der Waals surface area contributed by atoms with Crippen LogP contribution >= 0.6 is 0 Å². The zero-order valence-corrected chi connectivity index (χ0v) is 9.28. The lowest BCUT2D eigenvalue weighted by atomic mass is 10.1. The molecule has 0 fully saturated rings. The summed E-state index contributed by atoms with van der Waals surface area (Å²) in [6.07, 6.45) is 5.91. The minimum absolute atomic E-state index is 0.357. The first kappa shape index (κ1) is 13.4. The van der Waals surface area contributed by atoms with Gasteiger partial charge in [-0.15, -0.1) is 0 Å². The van der Waals surface area contributed by atoms with Crippen LogP contribution in [0.4, 0.5) is 0 Å². The molecule has 0 heterocycles. The summed E-state index contributed by atoms with van der Waals surface area (Å²) in [5, 5.41) is 0. The molecule has 0 bridgehead atoms. The van der Waals surface area contributed by atoms with E-state index in [0.29, 0.717) is 12.8 Å². The second kappa shape index (κ2) is 7.79. The molecule has 0 saturated heterocycles. The molecule has 0 aliphatic heterocycles. The molecule has 0 amide bonds. The molecule has 0 unspecified atom stereocenters. The van der Waals surface area contributed by atoms with Gasteiger partial charge in [-0.2, -0.15) is 0 Å². The van der Waals surface area contributed by atoms with Gasteiger partial charge in [0.2, 0.25) is 0 Å². The van der Waals surface area contributed by atoms with Gasteiger partial charge in [0, 0.05) is 12.2 Å². The predicted molar refractivity (Wildman–Crippen MR) is 56.2 cm³/mol. The highest BCUT2D eigenvalue weighted by molar-refractivity contribution is 5.82. The fraction of sp³-hybridized carbons (Fsp3) is 0.455. The third kappa shape index (κ3) is 7.49. The first-order valence-electron chi connectivity index (χ1n) is 4.59. The second-order valence-corrected chi connectivity index (χ2v) is 2.98. The normalized spacial score (nSPS) is 11.5. The highest BCUT2D eigenvalue weighted by Crippen LogP contribution is 2.04. The van der Waals surface area contributed by atoms with Crippen LogP contribution in [-0.4, -0.2) is 26.2 Å². The summed E-state index contributed by atoms with van der Waals surface area (Å²) in [6, 6.07) is 0. The van der Waals surface area contributed by atoms with E-state index in [9.17, 15) is 9.59 Å². The van der Waals surface area contributed by atoms with Crippen molar-refractivity contribution in [2.45, 2.75) is 19.8 Å². The summed E-state index contributed by atoms with van der Waals surface area (Å²) < 4.78 is 8.90. The molecular formula is C11H16O4. The number of rotatable bonds is 5. The van der Waals surface area contributed by atoms with Crippen LogP contribution in [-0.2, 0) is 19.1 Å². The monoisotopic (exact) mass is 212 g/mol. The number of esters is 2. The van der Waals surface area contributed by atoms with Crippen LogP contribution in [0.3, 0.4) is 0 Å². The Morgan fingerprint density at radius 3 is 2.27 bits per heavy atom. The Hall–Kier alpha value is -1.58. The molecule has 84 valence electrons. The summed E-state index contributed by atoms with van der Waals surface area (Å²) in [4.78, 5) is 21.5. The minimum atomic E-state index is -0.371. The number of methoxy groups -OCH3 is 2. The van der Waals surface area contributed by atoms with Gasteiger partial charge in [0.15, 0.2) is 0 Å². The van der Waals surface area contributed by atoms with Gasteiger partial charge >= 0.3 is 11.9 Å². The lowest BCUT2D eigenvalue weighted by Crippen LogP contribution is -1.96. The molecule has 0 rings (SSSR count). The summed E-state index contributed by atoms with van der Waals surface area (Å²) in [5.74, 6) is -0.728. The molecule has 4 heteroatoms. The Labute approximate surface area is 89.6 Å². The highest BCUT2D eigenvalue weighted by Gasteiger charge is 1.96. The molecule has 0 aliphatic carbocycles. The van der Waals surface area contributed by atoms with Gasteiger partial charge in [0.05, 0.1) is 14.2 Å². The summed E-state index contributed by atoms with van der Waals surface area (Å²) in [5.41, 5.74) is 0.913. The maximum absolute atomic E-state index is 10.8. The number of hydrogen-bond donors (Lipinski definition) is 0. The fourth-order valence-electron chi connectivity index (χ4n) is 0.891. The molecule has 0 aromatic rings. The zero-order chi connectivity index (χ0) is 11.7. The minimum Gasteiger partial charge on any atom is -0.466 e. The number of hydrogen-bond acceptors (Lipinski definition) is 4. The van der Waals surface area contributed by atoms with Crippen molar-refractivity contribution in [3.05, 3.63) is 23.8 Å². The van der Waals surface area contributed by atoms with E-state index < -0.39 is 0 Å². The van der Waals surface area contributed by atoms with Gasteiger partial charge in [0.25, 0.3) is 0 Å². The van der Waals surface area contributed by atoms with E-state index in [1.165, 1.54) is 26.4 Å². The van der Waals surface area contributed by atoms with Crippen LogP contribution in [0.2, 0.25) is 0 Å². The van der Waals surface area contributed by atoms with E-state index in [1.807, 2.05) is 6.92 Å². The molecule has 15 heavy (non-hydrogen) atoms. The highest BCUT2D eigenvalue weighted by atomic mass is 16.5. The molecule has 0 spiro atoms. The summed E-state index contributed by atoms with van der Waals surface area (Å²) in [6.45, 7) is 1.84. The third-order valence-electron chi connectivity index (χ3n) is 1.73. The van der Waals surface area contributed by atoms with Crippen LogP contribution in [0.15, 0.2) is 23.8 Å². The Kier molecular flexibility index (Phi) is 6.97. The Morgan fingerprint density at radius 1 is 1.13 bits per heavy atom. The average Bonchev–Trinajstić information content (AvgIpc) is 2.23. The predicted octanol–water partition coefficient (Wildman–Crippen LogP) is 1.62. The lowest BCUT2D eigenvalue weighted by molar-refractivity contribution is -0.135. The lowest BCUT2D eigenvalue weighted by Gasteiger charge is -1.97. The van der Waals surface area contributed by atoms with Gasteiger partial charge in [-0.25, -0.2) is 9.59 Å². The molecule has 0 aromatic carbocycles. The number of allylic oxidation sites excluding steroid dienone is 2. The van der Waals surface area contributed by atoms with Crippen molar-refractivity contribution in [1.82, 2.24) is 0 Å². The zero-order valence-electron chi connectivity index (χ0n) is 9.28. The van der Waals surface area contributed by atoms with Crippen molar-refractivity contribution in [1.29, 1.82) is 0 Å². The van der Waals surface area contributed by atoms with Crippen LogP contribution < -0.4 is 0 Å². The van der Waals surface area contributed by atoms with Gasteiger partial charge in [-0.1, -0.05) is 11.6 Å². The van der Waals surface area contributed by atoms with Gasteiger partial charge < -0.3 is 9.47 Å². The molecule has 0 saturated carbocycles. The van der Waals surface area contributed by atoms with Gasteiger partial charge in [-0.05, 0) is 19.8 Å². The SMILES string of the molecule is COC(=O)/C=C/CC/C(C)=C/C(=O)OC. The van der Waals surface area contributed by atoms with Crippen molar-refractivity contribution in [2.24, 2.45) is 0 Å². The maximum atomic E-state index is 10.8. The van der Waals surface area contributed by atoms with Crippen molar-refractivity contribution >= 4 is 11.9 Å². The van der Waals surface area contributed by atoms with Crippen molar-refractivity contribution < 1.29 is 19.1 Å². The van der Waals surface area contributed by atoms with Crippen LogP contribution in [0, 0.1) is 0 Å². The third-order valence-corrected chi connectivity index (χ3v) is 1.73. The molecule has 0 atom stereocenters. The van der Waals surface area contributed by atoms with Crippen molar-refractivity contribution in [3.8, 4) is 0 Å². The molecule has 0 aliphatic rings. The van der Waals surface area contributed by atoms with E-state index >= 15 is 0 Å². The first-order chi connectivity index (χ1) is 7.10. The number of ether oxygens (including phenoxy) is 2. The smallest absolute Gasteiger partial charge is 0.330 e. The van der Waals surface area contributed by atoms with Crippen LogP contribution in [0.5, 0.6) is 0 Å². The average molecular weight is 212 g/mol. The molecule has 0 radical (unpaired) electrons. The maximum Gasteiger partial charge on any atom is 0.330 e. The van der Waals surface area contributed by atoms with Crippen LogP contribution in [0.1, 0.15) is 19.8 Å². The van der Waals surface area contributed by atoms with E-state index in [2.05, 4.69) is 9.47 Å². The van der Waals surface area contributed by atoms with Gasteiger partial charge in [0.1, 0.15) is 0 Å². The van der Waals surface area contributed by atoms with Crippen LogP contribution in [0.25, 0.3) is 0 Å². The fourth-order valence-corrected chi connectivity index (χ4v) is 0.891. The molecular weight excluding hydrogens is 196 g/mol. The van der Waals surface area contributed by atoms with Gasteiger partial charge in [-0.3, -0.25) is 0 Å². The van der Waals surface area contributed by atoms with Crippen molar-refractivity contribution in [2.75, 3.05) is 14.2 Å². The molecule has 4 nitrogen and oxygen atoms in total. The standard InChI is InChI=1S/C11H16O4/c1-9(8-11(13)15-3)6-4-5-7-10(12)14-2/h5,7-8H,4,6H2,1-3H3/b7-5+,9-8+. The second-order valence-electron chi connectivity index (χ2n) is 2.98. The first-order valence-corrected chi connectivity index (χ1v) is 4.59. The van der Waals surface area contributed by atoms with Crippen molar-refractivity contribution in [3.63, 3.8) is 0 Å². The van der Waals surface area contributed by atoms with E-state index in [4.69, 9.17) is 0 Å². The van der Waals surface area contributed by atoms with E-state index in [0.717, 1.165) is 5.57 Å². The number of carbonyl (C=O) groups is 2. The summed E-state index contributed by atoms with van der Waals surface area (Å²) in [7, 11) is 2.67.